The predicted octanol–water partition coefficient (Wildman–Crippen LogP) is 5.63. The quantitative estimate of drug-likeness (QED) is 0.210. The number of rotatable bonds is 9. The third kappa shape index (κ3) is 7.14. The lowest BCUT2D eigenvalue weighted by atomic mass is 9.83. The zero-order chi connectivity index (χ0) is 38.1. The first kappa shape index (κ1) is 37.3. The number of aromatic nitrogens is 2. The van der Waals surface area contributed by atoms with Gasteiger partial charge in [0.2, 0.25) is 5.91 Å². The highest BCUT2D eigenvalue weighted by Gasteiger charge is 2.51. The summed E-state index contributed by atoms with van der Waals surface area (Å²) in [5, 5.41) is 14.3. The third-order valence-corrected chi connectivity index (χ3v) is 11.3. The second-order valence-corrected chi connectivity index (χ2v) is 14.9. The number of ether oxygens (including phenoxy) is 3. The first-order valence-corrected chi connectivity index (χ1v) is 18.6. The molecule has 2 N–H and O–H groups in total. The van der Waals surface area contributed by atoms with Crippen LogP contribution in [-0.4, -0.2) is 95.2 Å². The Labute approximate surface area is 313 Å². The smallest absolute Gasteiger partial charge is 0.420 e. The van der Waals surface area contributed by atoms with Crippen LogP contribution >= 0.6 is 0 Å². The van der Waals surface area contributed by atoms with Crippen LogP contribution in [0, 0.1) is 24.1 Å². The van der Waals surface area contributed by atoms with E-state index in [1.165, 1.54) is 35.2 Å². The van der Waals surface area contributed by atoms with Crippen molar-refractivity contribution in [1.29, 1.82) is 0 Å². The van der Waals surface area contributed by atoms with Gasteiger partial charge in [0.25, 0.3) is 0 Å². The third-order valence-electron chi connectivity index (χ3n) is 11.3. The number of halogens is 2. The Morgan fingerprint density at radius 3 is 2.76 bits per heavy atom. The number of hydrogen-bond donors (Lipinski definition) is 2. The van der Waals surface area contributed by atoms with Crippen molar-refractivity contribution in [1.82, 2.24) is 20.2 Å². The standard InChI is InChI=1S/C40H46F2N6O6/c1-5-30-31(42)11-10-25-17-29(49)18-33(35(25)30)47-22-32-36(54-39(47)51)37(46-14-8-7-9-27(21-46)43-34(50)6-2)45-38(44-32)53-23-40(24(3)4)19-26(41)20-48(40)28-12-15-52-16-13-28/h1,6,10-11,17-18,24,26-28,49H,2,7-9,12-16,19-23H2,3-4H3,(H,43,50)/t26-,27?,40+/m1/s1. The van der Waals surface area contributed by atoms with Gasteiger partial charge in [-0.05, 0) is 61.6 Å². The maximum atomic E-state index is 15.4. The Morgan fingerprint density at radius 1 is 1.22 bits per heavy atom. The van der Waals surface area contributed by atoms with Gasteiger partial charge in [0.05, 0.1) is 23.3 Å². The fraction of sp³-hybridized carbons (Fsp3) is 0.500. The van der Waals surface area contributed by atoms with Gasteiger partial charge in [-0.1, -0.05) is 32.4 Å². The maximum Gasteiger partial charge on any atom is 0.420 e. The molecule has 0 radical (unpaired) electrons. The van der Waals surface area contributed by atoms with E-state index in [1.54, 1.807) is 0 Å². The second-order valence-electron chi connectivity index (χ2n) is 14.9. The van der Waals surface area contributed by atoms with Gasteiger partial charge in [-0.25, -0.2) is 13.6 Å². The maximum absolute atomic E-state index is 15.4. The summed E-state index contributed by atoms with van der Waals surface area (Å²) >= 11 is 0. The topological polar surface area (TPSA) is 130 Å². The summed E-state index contributed by atoms with van der Waals surface area (Å²) in [5.41, 5.74) is -0.265. The minimum Gasteiger partial charge on any atom is -0.508 e. The van der Waals surface area contributed by atoms with Crippen molar-refractivity contribution >= 4 is 34.3 Å². The number of terminal acetylenes is 1. The highest BCUT2D eigenvalue weighted by molar-refractivity contribution is 6.06. The summed E-state index contributed by atoms with van der Waals surface area (Å²) in [6.45, 7) is 10.1. The number of nitrogens with zero attached hydrogens (tertiary/aromatic N) is 5. The highest BCUT2D eigenvalue weighted by Crippen LogP contribution is 2.44. The monoisotopic (exact) mass is 744 g/mol. The highest BCUT2D eigenvalue weighted by atomic mass is 19.1. The molecular formula is C40H46F2N6O6. The average molecular weight is 745 g/mol. The lowest BCUT2D eigenvalue weighted by Crippen LogP contribution is -2.57. The van der Waals surface area contributed by atoms with E-state index in [0.29, 0.717) is 56.2 Å². The molecule has 0 bridgehead atoms. The summed E-state index contributed by atoms with van der Waals surface area (Å²) in [6.07, 6.45) is 9.37. The molecule has 2 aromatic carbocycles. The molecule has 2 amide bonds. The lowest BCUT2D eigenvalue weighted by Gasteiger charge is -2.46. The van der Waals surface area contributed by atoms with Gasteiger partial charge in [0.1, 0.15) is 30.0 Å². The van der Waals surface area contributed by atoms with Crippen molar-refractivity contribution in [3.8, 4) is 29.9 Å². The van der Waals surface area contributed by atoms with Crippen molar-refractivity contribution < 1.29 is 37.7 Å². The molecule has 14 heteroatoms. The minimum atomic E-state index is -1.03. The molecular weight excluding hydrogens is 698 g/mol. The first-order valence-electron chi connectivity index (χ1n) is 18.6. The van der Waals surface area contributed by atoms with E-state index in [4.69, 9.17) is 30.6 Å². The number of alkyl halides is 1. The fourth-order valence-electron chi connectivity index (χ4n) is 8.50. The lowest BCUT2D eigenvalue weighted by molar-refractivity contribution is -0.117. The largest absolute Gasteiger partial charge is 0.508 e. The Balaban J connectivity index is 1.29. The van der Waals surface area contributed by atoms with Crippen LogP contribution in [-0.2, 0) is 16.1 Å². The summed E-state index contributed by atoms with van der Waals surface area (Å²) in [5.74, 6) is 1.74. The van der Waals surface area contributed by atoms with E-state index in [9.17, 15) is 14.7 Å². The number of carbonyl (C=O) groups excluding carboxylic acids is 2. The van der Waals surface area contributed by atoms with Crippen LogP contribution in [0.15, 0.2) is 36.9 Å². The van der Waals surface area contributed by atoms with Crippen molar-refractivity contribution in [2.24, 2.45) is 5.92 Å². The van der Waals surface area contributed by atoms with Crippen molar-refractivity contribution in [2.45, 2.75) is 82.7 Å². The molecule has 3 fully saturated rings. The molecule has 3 aromatic rings. The molecule has 0 spiro atoms. The van der Waals surface area contributed by atoms with Gasteiger partial charge in [-0.15, -0.1) is 6.42 Å². The Bertz CT molecular complexity index is 1980. The number of fused-ring (bicyclic) bond motifs is 2. The SMILES string of the molecule is C#Cc1c(F)ccc2cc(O)cc(N3Cc4nc(OC[C@]5(C(C)C)C[C@@H](F)CN5C5CCOCC5)nc(N5CCCCC(NC(=O)C=C)C5)c4OC3=O)c12. The molecule has 7 rings (SSSR count). The average Bonchev–Trinajstić information content (AvgIpc) is 3.34. The molecule has 54 heavy (non-hydrogen) atoms. The number of hydrogen-bond acceptors (Lipinski definition) is 10. The molecule has 4 aliphatic heterocycles. The van der Waals surface area contributed by atoms with Gasteiger partial charge in [0, 0.05) is 62.8 Å². The van der Waals surface area contributed by atoms with Gasteiger partial charge in [-0.2, -0.15) is 9.97 Å². The molecule has 1 aromatic heterocycles. The zero-order valence-electron chi connectivity index (χ0n) is 30.7. The van der Waals surface area contributed by atoms with Gasteiger partial charge in [-0.3, -0.25) is 14.6 Å². The Morgan fingerprint density at radius 2 is 2.02 bits per heavy atom. The number of aromatic hydroxyl groups is 1. The number of benzene rings is 2. The van der Waals surface area contributed by atoms with E-state index in [1.807, 2.05) is 4.90 Å². The molecule has 5 heterocycles. The molecule has 3 saturated heterocycles. The van der Waals surface area contributed by atoms with E-state index in [0.717, 1.165) is 32.1 Å². The van der Waals surface area contributed by atoms with Gasteiger partial charge < -0.3 is 29.5 Å². The van der Waals surface area contributed by atoms with Crippen LogP contribution in [0.1, 0.15) is 63.6 Å². The van der Waals surface area contributed by atoms with E-state index < -0.39 is 23.6 Å². The zero-order valence-corrected chi connectivity index (χ0v) is 30.7. The summed E-state index contributed by atoms with van der Waals surface area (Å²) in [4.78, 5) is 41.3. The molecule has 3 atom stereocenters. The summed E-state index contributed by atoms with van der Waals surface area (Å²) in [6, 6.07) is 5.38. The van der Waals surface area contributed by atoms with Crippen LogP contribution in [0.2, 0.25) is 0 Å². The Kier molecular flexibility index (Phi) is 10.6. The summed E-state index contributed by atoms with van der Waals surface area (Å²) < 4.78 is 48.6. The van der Waals surface area contributed by atoms with Gasteiger partial charge in [0.15, 0.2) is 11.6 Å². The Hall–Kier alpha value is -5.00. The number of carbonyl (C=O) groups is 2. The molecule has 0 saturated carbocycles. The first-order chi connectivity index (χ1) is 26.0. The van der Waals surface area contributed by atoms with E-state index in [-0.39, 0.29) is 71.2 Å². The number of phenolic OH excluding ortho intramolecular Hbond substituents is 1. The number of amides is 2. The molecule has 4 aliphatic rings. The van der Waals surface area contributed by atoms with Crippen molar-refractivity contribution in [3.63, 3.8) is 0 Å². The molecule has 12 nitrogen and oxygen atoms in total. The van der Waals surface area contributed by atoms with Crippen molar-refractivity contribution in [3.05, 3.63) is 54.0 Å². The number of likely N-dealkylation sites (tertiary alicyclic amines) is 1. The molecule has 286 valence electrons. The normalized spacial score (nSPS) is 23.8. The van der Waals surface area contributed by atoms with Gasteiger partial charge >= 0.3 is 12.1 Å². The predicted molar refractivity (Wildman–Crippen MR) is 199 cm³/mol. The van der Waals surface area contributed by atoms with Crippen LogP contribution in [0.25, 0.3) is 10.8 Å². The molecule has 1 unspecified atom stereocenters. The van der Waals surface area contributed by atoms with Crippen LogP contribution in [0.4, 0.5) is 25.1 Å². The second kappa shape index (κ2) is 15.4. The number of nitrogens with one attached hydrogen (secondary N) is 1. The van der Waals surface area contributed by atoms with Crippen LogP contribution < -0.4 is 24.6 Å². The number of phenols is 1. The summed E-state index contributed by atoms with van der Waals surface area (Å²) in [7, 11) is 0. The van der Waals surface area contributed by atoms with Crippen molar-refractivity contribution in [2.75, 3.05) is 49.3 Å². The molecule has 0 aliphatic carbocycles. The van der Waals surface area contributed by atoms with Crippen LogP contribution in [0.3, 0.4) is 0 Å². The fourth-order valence-corrected chi connectivity index (χ4v) is 8.50. The van der Waals surface area contributed by atoms with E-state index >= 15 is 8.78 Å². The minimum absolute atomic E-state index is 0.0166. The van der Waals surface area contributed by atoms with E-state index in [2.05, 4.69) is 36.6 Å². The van der Waals surface area contributed by atoms with Crippen LogP contribution in [0.5, 0.6) is 17.5 Å². The number of anilines is 2.